The molecule has 2 rings (SSSR count). The number of hydrogen-bond acceptors (Lipinski definition) is 5. The van der Waals surface area contributed by atoms with Crippen molar-refractivity contribution < 1.29 is 13.5 Å². The number of aromatic nitrogens is 2. The SMILES string of the molecule is Cc1c(S(=O)(=O)N2CCCC(C)(O)CC2)c(N)nn1C. The molecule has 1 unspecified atom stereocenters. The molecular formula is C12H22N4O3S. The van der Waals surface area contributed by atoms with Crippen LogP contribution in [-0.2, 0) is 17.1 Å². The standard InChI is InChI=1S/C12H22N4O3S/c1-9-10(11(13)14-15(9)3)20(18,19)16-7-4-5-12(2,17)6-8-16/h17H,4-8H2,1-3H3,(H2,13,14). The fourth-order valence-electron chi connectivity index (χ4n) is 2.54. The number of anilines is 1. The van der Waals surface area contributed by atoms with Gasteiger partial charge < -0.3 is 10.8 Å². The first-order valence-electron chi connectivity index (χ1n) is 6.67. The van der Waals surface area contributed by atoms with Crippen LogP contribution in [-0.4, -0.2) is 46.3 Å². The molecule has 0 spiro atoms. The number of aryl methyl sites for hydroxylation is 1. The molecule has 1 aromatic rings. The van der Waals surface area contributed by atoms with Gasteiger partial charge in [0.1, 0.15) is 4.90 Å². The topological polar surface area (TPSA) is 101 Å². The van der Waals surface area contributed by atoms with Crippen LogP contribution in [0.15, 0.2) is 4.90 Å². The number of sulfonamides is 1. The third-order valence-electron chi connectivity index (χ3n) is 3.92. The van der Waals surface area contributed by atoms with Gasteiger partial charge in [-0.15, -0.1) is 0 Å². The maximum atomic E-state index is 12.7. The molecule has 1 saturated heterocycles. The molecule has 7 nitrogen and oxygen atoms in total. The summed E-state index contributed by atoms with van der Waals surface area (Å²) in [5.41, 5.74) is 5.46. The molecule has 1 aliphatic rings. The van der Waals surface area contributed by atoms with Crippen molar-refractivity contribution >= 4 is 15.8 Å². The van der Waals surface area contributed by atoms with Crippen molar-refractivity contribution in [3.8, 4) is 0 Å². The number of rotatable bonds is 2. The fourth-order valence-corrected chi connectivity index (χ4v) is 4.31. The van der Waals surface area contributed by atoms with Crippen LogP contribution in [0.3, 0.4) is 0 Å². The van der Waals surface area contributed by atoms with Crippen LogP contribution < -0.4 is 5.73 Å². The molecule has 0 aliphatic carbocycles. The average Bonchev–Trinajstić information content (AvgIpc) is 2.48. The Bertz CT molecular complexity index is 606. The minimum Gasteiger partial charge on any atom is -0.390 e. The maximum absolute atomic E-state index is 12.7. The minimum absolute atomic E-state index is 0.0287. The predicted molar refractivity (Wildman–Crippen MR) is 75.6 cm³/mol. The highest BCUT2D eigenvalue weighted by Crippen LogP contribution is 2.29. The lowest BCUT2D eigenvalue weighted by Crippen LogP contribution is -2.34. The number of aliphatic hydroxyl groups is 1. The summed E-state index contributed by atoms with van der Waals surface area (Å²) in [5, 5.41) is 14.0. The quantitative estimate of drug-likeness (QED) is 0.814. The van der Waals surface area contributed by atoms with Crippen LogP contribution in [0.25, 0.3) is 0 Å². The maximum Gasteiger partial charge on any atom is 0.248 e. The van der Waals surface area contributed by atoms with E-state index in [4.69, 9.17) is 5.73 Å². The van der Waals surface area contributed by atoms with E-state index >= 15 is 0 Å². The Morgan fingerprint density at radius 1 is 1.35 bits per heavy atom. The number of nitrogen functional groups attached to an aromatic ring is 1. The summed E-state index contributed by atoms with van der Waals surface area (Å²) >= 11 is 0. The van der Waals surface area contributed by atoms with Crippen LogP contribution in [0.2, 0.25) is 0 Å². The highest BCUT2D eigenvalue weighted by molar-refractivity contribution is 7.89. The molecule has 0 radical (unpaired) electrons. The molecule has 1 aromatic heterocycles. The molecule has 8 heteroatoms. The lowest BCUT2D eigenvalue weighted by atomic mass is 9.98. The largest absolute Gasteiger partial charge is 0.390 e. The summed E-state index contributed by atoms with van der Waals surface area (Å²) in [6.07, 6.45) is 1.65. The van der Waals surface area contributed by atoms with Crippen molar-refractivity contribution in [3.63, 3.8) is 0 Å². The zero-order chi connectivity index (χ0) is 15.1. The van der Waals surface area contributed by atoms with Crippen molar-refractivity contribution in [3.05, 3.63) is 5.69 Å². The normalized spacial score (nSPS) is 25.6. The Labute approximate surface area is 119 Å². The summed E-state index contributed by atoms with van der Waals surface area (Å²) in [4.78, 5) is 0.0848. The van der Waals surface area contributed by atoms with Crippen molar-refractivity contribution in [1.29, 1.82) is 0 Å². The van der Waals surface area contributed by atoms with Crippen molar-refractivity contribution in [2.45, 2.75) is 43.6 Å². The predicted octanol–water partition coefficient (Wildman–Crippen LogP) is 0.236. The summed E-state index contributed by atoms with van der Waals surface area (Å²) in [5.74, 6) is 0.0287. The molecule has 1 fully saturated rings. The number of nitrogens with zero attached hydrogens (tertiary/aromatic N) is 3. The monoisotopic (exact) mass is 302 g/mol. The summed E-state index contributed by atoms with van der Waals surface area (Å²) in [6.45, 7) is 4.12. The van der Waals surface area contributed by atoms with E-state index in [1.807, 2.05) is 0 Å². The average molecular weight is 302 g/mol. The van der Waals surface area contributed by atoms with Crippen LogP contribution >= 0.6 is 0 Å². The highest BCUT2D eigenvalue weighted by atomic mass is 32.2. The molecule has 0 aromatic carbocycles. The first kappa shape index (κ1) is 15.3. The van der Waals surface area contributed by atoms with E-state index in [0.717, 1.165) is 0 Å². The van der Waals surface area contributed by atoms with Gasteiger partial charge in [0.05, 0.1) is 11.3 Å². The van der Waals surface area contributed by atoms with Crippen molar-refractivity contribution in [2.75, 3.05) is 18.8 Å². The van der Waals surface area contributed by atoms with Crippen LogP contribution in [0.1, 0.15) is 31.9 Å². The van der Waals surface area contributed by atoms with E-state index < -0.39 is 15.6 Å². The molecule has 0 saturated carbocycles. The third kappa shape index (κ3) is 2.68. The van der Waals surface area contributed by atoms with E-state index in [9.17, 15) is 13.5 Å². The van der Waals surface area contributed by atoms with Gasteiger partial charge in [-0.05, 0) is 33.1 Å². The third-order valence-corrected chi connectivity index (χ3v) is 5.99. The van der Waals surface area contributed by atoms with Crippen molar-refractivity contribution in [2.24, 2.45) is 7.05 Å². The lowest BCUT2D eigenvalue weighted by molar-refractivity contribution is 0.0465. The molecule has 1 atom stereocenters. The Balaban J connectivity index is 2.35. The fraction of sp³-hybridized carbons (Fsp3) is 0.750. The molecule has 114 valence electrons. The van der Waals surface area contributed by atoms with Crippen LogP contribution in [0, 0.1) is 6.92 Å². The molecule has 20 heavy (non-hydrogen) atoms. The van der Waals surface area contributed by atoms with Gasteiger partial charge in [-0.2, -0.15) is 9.40 Å². The summed E-state index contributed by atoms with van der Waals surface area (Å²) < 4.78 is 28.3. The first-order valence-corrected chi connectivity index (χ1v) is 8.11. The zero-order valence-corrected chi connectivity index (χ0v) is 12.9. The van der Waals surface area contributed by atoms with Gasteiger partial charge >= 0.3 is 0 Å². The number of nitrogens with two attached hydrogens (primary N) is 1. The van der Waals surface area contributed by atoms with Gasteiger partial charge in [-0.3, -0.25) is 4.68 Å². The Hall–Kier alpha value is -1.12. The molecule has 1 aliphatic heterocycles. The second kappa shape index (κ2) is 5.01. The second-order valence-corrected chi connectivity index (χ2v) is 7.55. The Morgan fingerprint density at radius 3 is 2.55 bits per heavy atom. The van der Waals surface area contributed by atoms with E-state index in [-0.39, 0.29) is 10.7 Å². The first-order chi connectivity index (χ1) is 9.15. The number of hydrogen-bond donors (Lipinski definition) is 2. The highest BCUT2D eigenvalue weighted by Gasteiger charge is 2.34. The summed E-state index contributed by atoms with van der Waals surface area (Å²) in [7, 11) is -2.00. The Morgan fingerprint density at radius 2 is 2.00 bits per heavy atom. The van der Waals surface area contributed by atoms with E-state index in [2.05, 4.69) is 5.10 Å². The van der Waals surface area contributed by atoms with Crippen LogP contribution in [0.5, 0.6) is 0 Å². The van der Waals surface area contributed by atoms with Gasteiger partial charge in [0, 0.05) is 20.1 Å². The molecule has 3 N–H and O–H groups in total. The van der Waals surface area contributed by atoms with Gasteiger partial charge in [0.2, 0.25) is 10.0 Å². The van der Waals surface area contributed by atoms with Crippen LogP contribution in [0.4, 0.5) is 5.82 Å². The molecule has 2 heterocycles. The van der Waals surface area contributed by atoms with Gasteiger partial charge in [0.15, 0.2) is 5.82 Å². The van der Waals surface area contributed by atoms with E-state index in [1.165, 1.54) is 8.99 Å². The Kier molecular flexibility index (Phi) is 3.83. The van der Waals surface area contributed by atoms with Crippen molar-refractivity contribution in [1.82, 2.24) is 14.1 Å². The summed E-state index contributed by atoms with van der Waals surface area (Å²) in [6, 6.07) is 0. The lowest BCUT2D eigenvalue weighted by Gasteiger charge is -2.22. The molecular weight excluding hydrogens is 280 g/mol. The second-order valence-electron chi connectivity index (χ2n) is 5.68. The zero-order valence-electron chi connectivity index (χ0n) is 12.1. The van der Waals surface area contributed by atoms with Gasteiger partial charge in [0.25, 0.3) is 0 Å². The molecule has 0 bridgehead atoms. The van der Waals surface area contributed by atoms with Gasteiger partial charge in [-0.1, -0.05) is 0 Å². The van der Waals surface area contributed by atoms with E-state index in [0.29, 0.717) is 38.0 Å². The smallest absolute Gasteiger partial charge is 0.248 e. The minimum atomic E-state index is -3.66. The molecule has 0 amide bonds. The van der Waals surface area contributed by atoms with Gasteiger partial charge in [-0.25, -0.2) is 8.42 Å². The van der Waals surface area contributed by atoms with E-state index in [1.54, 1.807) is 20.9 Å².